The van der Waals surface area contributed by atoms with Crippen molar-refractivity contribution in [1.29, 1.82) is 0 Å². The molecule has 0 aliphatic carbocycles. The van der Waals surface area contributed by atoms with Crippen LogP contribution in [0.3, 0.4) is 0 Å². The van der Waals surface area contributed by atoms with Gasteiger partial charge in [0, 0.05) is 5.69 Å². The van der Waals surface area contributed by atoms with Gasteiger partial charge >= 0.3 is 6.18 Å². The van der Waals surface area contributed by atoms with Crippen LogP contribution in [0.15, 0.2) is 34.9 Å². The fourth-order valence-electron chi connectivity index (χ4n) is 1.26. The molecule has 0 saturated carbocycles. The smallest absolute Gasteiger partial charge is 0.388 e. The summed E-state index contributed by atoms with van der Waals surface area (Å²) in [6.45, 7) is -0.676. The summed E-state index contributed by atoms with van der Waals surface area (Å²) in [6.07, 6.45) is -4.15. The molecule has 8 heteroatoms. The highest BCUT2D eigenvalue weighted by atomic mass is 19.4. The highest BCUT2D eigenvalue weighted by molar-refractivity contribution is 6.04. The number of carbonyl (C=O) groups excluding carboxylic acids is 1. The Morgan fingerprint density at radius 1 is 1.40 bits per heavy atom. The Balaban J connectivity index is 2.51. The van der Waals surface area contributed by atoms with Crippen molar-refractivity contribution in [2.45, 2.75) is 12.8 Å². The van der Waals surface area contributed by atoms with Crippen LogP contribution in [0.4, 0.5) is 18.9 Å². The molecule has 0 unspecified atom stereocenters. The van der Waals surface area contributed by atoms with E-state index in [1.165, 1.54) is 0 Å². The molecule has 0 fully saturated rings. The maximum atomic E-state index is 12.8. The topological polar surface area (TPSA) is 75.4 Å². The third kappa shape index (κ3) is 2.97. The number of aliphatic hydroxyl groups is 1. The molecule has 5 nitrogen and oxygen atoms in total. The lowest BCUT2D eigenvalue weighted by atomic mass is 10.2. The number of amides is 1. The van der Waals surface area contributed by atoms with Crippen molar-refractivity contribution in [1.82, 2.24) is 5.16 Å². The van der Waals surface area contributed by atoms with Crippen LogP contribution in [0.2, 0.25) is 0 Å². The average molecular weight is 290 g/mol. The molecule has 2 N–H and O–H groups in total. The molecule has 0 spiro atoms. The zero-order valence-electron chi connectivity index (χ0n) is 13.6. The minimum absolute atomic E-state index is 0.227. The molecule has 1 amide bonds. The van der Waals surface area contributed by atoms with E-state index in [4.69, 9.17) is 10.6 Å². The van der Waals surface area contributed by atoms with Crippen molar-refractivity contribution >= 4 is 11.6 Å². The zero-order valence-corrected chi connectivity index (χ0v) is 9.63. The van der Waals surface area contributed by atoms with Crippen molar-refractivity contribution in [2.75, 3.05) is 5.32 Å². The quantitative estimate of drug-likeness (QED) is 0.910. The van der Waals surface area contributed by atoms with E-state index in [-0.39, 0.29) is 11.3 Å². The predicted molar refractivity (Wildman–Crippen MR) is 61.8 cm³/mol. The third-order valence-corrected chi connectivity index (χ3v) is 2.18. The Labute approximate surface area is 116 Å². The van der Waals surface area contributed by atoms with Gasteiger partial charge in [-0.1, -0.05) is 5.16 Å². The number of nitrogens with one attached hydrogen (secondary N) is 1. The Kier molecular flexibility index (Phi) is 2.54. The van der Waals surface area contributed by atoms with E-state index in [1.54, 1.807) is 0 Å². The summed E-state index contributed by atoms with van der Waals surface area (Å²) >= 11 is 0. The normalized spacial score (nSPS) is 14.2. The number of rotatable bonds is 3. The van der Waals surface area contributed by atoms with E-state index in [1.807, 2.05) is 5.32 Å². The van der Waals surface area contributed by atoms with Crippen molar-refractivity contribution in [3.63, 3.8) is 0 Å². The average Bonchev–Trinajstić information content (AvgIpc) is 2.96. The van der Waals surface area contributed by atoms with Crippen LogP contribution in [0.5, 0.6) is 0 Å². The summed E-state index contributed by atoms with van der Waals surface area (Å²) < 4.78 is 73.0. The first-order chi connectivity index (χ1) is 11.1. The number of carbonyl (C=O) groups is 1. The summed E-state index contributed by atoms with van der Waals surface area (Å²) in [5.74, 6) is -1.24. The largest absolute Gasteiger partial charge is 0.416 e. The van der Waals surface area contributed by atoms with Crippen LogP contribution in [-0.4, -0.2) is 16.2 Å². The Hall–Kier alpha value is -2.35. The number of nitrogens with zero attached hydrogens (tertiary/aromatic N) is 1. The second kappa shape index (κ2) is 5.33. The van der Waals surface area contributed by atoms with Crippen LogP contribution in [0.1, 0.15) is 27.2 Å². The molecule has 1 heterocycles. The highest BCUT2D eigenvalue weighted by Crippen LogP contribution is 2.29. The Morgan fingerprint density at radius 2 is 2.05 bits per heavy atom. The van der Waals surface area contributed by atoms with Gasteiger partial charge in [-0.05, 0) is 24.2 Å². The standard InChI is InChI=1S/C12H9F3N2O3/c13-12(14,15)7-1-3-8(4-2-7)17-11(19)9-5-16-20-10(9)6-18/h1-5,18H,6H2,(H,17,19)/i1D,2D,3D,4D. The van der Waals surface area contributed by atoms with Crippen LogP contribution in [0, 0.1) is 0 Å². The first-order valence-corrected chi connectivity index (χ1v) is 5.12. The first kappa shape index (κ1) is 9.54. The molecule has 0 aliphatic rings. The molecule has 2 aromatic rings. The van der Waals surface area contributed by atoms with Crippen LogP contribution < -0.4 is 5.32 Å². The lowest BCUT2D eigenvalue weighted by molar-refractivity contribution is -0.137. The predicted octanol–water partition coefficient (Wildman–Crippen LogP) is 2.44. The maximum Gasteiger partial charge on any atom is 0.416 e. The number of anilines is 1. The third-order valence-electron chi connectivity index (χ3n) is 2.18. The van der Waals surface area contributed by atoms with Gasteiger partial charge in [0.1, 0.15) is 12.2 Å². The molecule has 0 bridgehead atoms. The number of hydrogen-bond donors (Lipinski definition) is 2. The SMILES string of the molecule is [2H]c1c([2H])c(C(F)(F)F)c([2H])c([2H])c1NC(=O)c1cnoc1CO. The van der Waals surface area contributed by atoms with Crippen molar-refractivity contribution < 1.29 is 33.1 Å². The second-order valence-corrected chi connectivity index (χ2v) is 3.52. The number of halogens is 3. The van der Waals surface area contributed by atoms with E-state index in [0.29, 0.717) is 0 Å². The lowest BCUT2D eigenvalue weighted by Crippen LogP contribution is -2.13. The van der Waals surface area contributed by atoms with E-state index in [2.05, 4.69) is 9.68 Å². The molecule has 1 aromatic heterocycles. The van der Waals surface area contributed by atoms with E-state index in [0.717, 1.165) is 6.20 Å². The number of alkyl halides is 3. The number of aliphatic hydroxyl groups excluding tert-OH is 1. The number of aromatic nitrogens is 1. The van der Waals surface area contributed by atoms with E-state index in [9.17, 15) is 18.0 Å². The monoisotopic (exact) mass is 290 g/mol. The molecule has 20 heavy (non-hydrogen) atoms. The molecule has 106 valence electrons. The summed E-state index contributed by atoms with van der Waals surface area (Å²) in [5, 5.41) is 14.2. The summed E-state index contributed by atoms with van der Waals surface area (Å²) in [6, 6.07) is -4.77. The molecular formula is C12H9F3N2O3. The fraction of sp³-hybridized carbons (Fsp3) is 0.167. The maximum absolute atomic E-state index is 12.8. The molecular weight excluding hydrogens is 277 g/mol. The highest BCUT2D eigenvalue weighted by Gasteiger charge is 2.30. The first-order valence-electron chi connectivity index (χ1n) is 7.12. The number of benzene rings is 1. The molecule has 1 aromatic carbocycles. The van der Waals surface area contributed by atoms with Crippen LogP contribution in [0.25, 0.3) is 0 Å². The molecule has 0 radical (unpaired) electrons. The minimum Gasteiger partial charge on any atom is -0.388 e. The van der Waals surface area contributed by atoms with Crippen LogP contribution in [-0.2, 0) is 12.8 Å². The van der Waals surface area contributed by atoms with Gasteiger partial charge in [-0.2, -0.15) is 13.2 Å². The Bertz CT molecular complexity index is 779. The van der Waals surface area contributed by atoms with Crippen molar-refractivity contribution in [3.8, 4) is 0 Å². The van der Waals surface area contributed by atoms with Gasteiger partial charge in [-0.25, -0.2) is 0 Å². The summed E-state index contributed by atoms with van der Waals surface area (Å²) in [5.41, 5.74) is -2.71. The number of hydrogen-bond acceptors (Lipinski definition) is 4. The lowest BCUT2D eigenvalue weighted by Gasteiger charge is -2.08. The van der Waals surface area contributed by atoms with Crippen molar-refractivity contribution in [2.24, 2.45) is 0 Å². The van der Waals surface area contributed by atoms with Crippen LogP contribution >= 0.6 is 0 Å². The van der Waals surface area contributed by atoms with Gasteiger partial charge in [0.2, 0.25) is 0 Å². The van der Waals surface area contributed by atoms with Gasteiger partial charge in [-0.3, -0.25) is 4.79 Å². The van der Waals surface area contributed by atoms with E-state index < -0.39 is 54.1 Å². The summed E-state index contributed by atoms with van der Waals surface area (Å²) in [7, 11) is 0. The minimum atomic E-state index is -5.08. The van der Waals surface area contributed by atoms with Gasteiger partial charge in [-0.15, -0.1) is 0 Å². The zero-order chi connectivity index (χ0) is 18.2. The molecule has 2 rings (SSSR count). The van der Waals surface area contributed by atoms with E-state index >= 15 is 0 Å². The Morgan fingerprint density at radius 3 is 2.60 bits per heavy atom. The van der Waals surface area contributed by atoms with Gasteiger partial charge in [0.15, 0.2) is 5.76 Å². The molecule has 0 aliphatic heterocycles. The van der Waals surface area contributed by atoms with Gasteiger partial charge in [0.25, 0.3) is 5.91 Å². The van der Waals surface area contributed by atoms with Gasteiger partial charge in [0.05, 0.1) is 17.2 Å². The molecule has 0 atom stereocenters. The van der Waals surface area contributed by atoms with Crippen molar-refractivity contribution in [3.05, 3.63) is 47.3 Å². The molecule has 0 saturated heterocycles. The summed E-state index contributed by atoms with van der Waals surface area (Å²) in [4.78, 5) is 12.0. The second-order valence-electron chi connectivity index (χ2n) is 3.52. The van der Waals surface area contributed by atoms with Gasteiger partial charge < -0.3 is 14.9 Å². The fourth-order valence-corrected chi connectivity index (χ4v) is 1.26.